The highest BCUT2D eigenvalue weighted by Gasteiger charge is 2.13. The molecular weight excluding hydrogens is 272 g/mol. The second-order valence-electron chi connectivity index (χ2n) is 5.06. The summed E-state index contributed by atoms with van der Waals surface area (Å²) in [5, 5.41) is 8.52. The highest BCUT2D eigenvalue weighted by molar-refractivity contribution is 7.20. The average molecular weight is 290 g/mol. The van der Waals surface area contributed by atoms with Crippen molar-refractivity contribution in [2.24, 2.45) is 0 Å². The smallest absolute Gasteiger partial charge is 0.275 e. The zero-order valence-corrected chi connectivity index (χ0v) is 12.3. The largest absolute Gasteiger partial charge is 0.357 e. The molecule has 0 bridgehead atoms. The fraction of sp³-hybridized carbons (Fsp3) is 0.500. The van der Waals surface area contributed by atoms with Crippen molar-refractivity contribution in [1.82, 2.24) is 14.6 Å². The van der Waals surface area contributed by atoms with Gasteiger partial charge in [0, 0.05) is 17.8 Å². The fourth-order valence-electron chi connectivity index (χ4n) is 2.40. The number of nitrogens with zero attached hydrogens (tertiary/aromatic N) is 3. The summed E-state index contributed by atoms with van der Waals surface area (Å²) in [5.74, 6) is 0. The zero-order chi connectivity index (χ0) is 13.9. The third kappa shape index (κ3) is 2.75. The minimum atomic E-state index is -0.0914. The van der Waals surface area contributed by atoms with E-state index in [9.17, 15) is 4.79 Å². The molecule has 2 aromatic rings. The van der Waals surface area contributed by atoms with Crippen molar-refractivity contribution in [3.8, 4) is 0 Å². The van der Waals surface area contributed by atoms with E-state index in [1.54, 1.807) is 6.07 Å². The van der Waals surface area contributed by atoms with Crippen molar-refractivity contribution in [3.05, 3.63) is 34.3 Å². The van der Waals surface area contributed by atoms with E-state index in [0.29, 0.717) is 11.0 Å². The second-order valence-corrected chi connectivity index (χ2v) is 6.02. The molecule has 0 aromatic carbocycles. The number of nitrogens with one attached hydrogen (secondary N) is 1. The maximum absolute atomic E-state index is 12.0. The highest BCUT2D eigenvalue weighted by Crippen LogP contribution is 2.21. The van der Waals surface area contributed by atoms with Crippen molar-refractivity contribution in [1.29, 1.82) is 0 Å². The van der Waals surface area contributed by atoms with Gasteiger partial charge in [-0.05, 0) is 25.7 Å². The van der Waals surface area contributed by atoms with Gasteiger partial charge in [0.1, 0.15) is 0 Å². The van der Waals surface area contributed by atoms with Crippen LogP contribution in [-0.4, -0.2) is 20.6 Å². The molecule has 0 saturated heterocycles. The van der Waals surface area contributed by atoms with Crippen molar-refractivity contribution in [2.45, 2.75) is 45.1 Å². The van der Waals surface area contributed by atoms with Gasteiger partial charge < -0.3 is 5.32 Å². The van der Waals surface area contributed by atoms with Gasteiger partial charge in [0.2, 0.25) is 10.1 Å². The lowest BCUT2D eigenvalue weighted by molar-refractivity contribution is 0.642. The SMILES string of the molecule is CCCc1cc(=O)n2nc(NC3CC=CCC3)sc2n1. The van der Waals surface area contributed by atoms with Crippen LogP contribution in [0.3, 0.4) is 0 Å². The first-order valence-corrected chi connectivity index (χ1v) is 7.89. The molecule has 6 heteroatoms. The molecule has 1 N–H and O–H groups in total. The van der Waals surface area contributed by atoms with Crippen molar-refractivity contribution in [3.63, 3.8) is 0 Å². The van der Waals surface area contributed by atoms with Gasteiger partial charge in [-0.25, -0.2) is 4.98 Å². The molecule has 1 aliphatic rings. The molecule has 1 atom stereocenters. The second kappa shape index (κ2) is 5.75. The summed E-state index contributed by atoms with van der Waals surface area (Å²) in [7, 11) is 0. The Morgan fingerprint density at radius 3 is 3.15 bits per heavy atom. The minimum absolute atomic E-state index is 0.0914. The monoisotopic (exact) mass is 290 g/mol. The molecule has 0 radical (unpaired) electrons. The van der Waals surface area contributed by atoms with Crippen LogP contribution in [0.25, 0.3) is 4.96 Å². The molecular formula is C14H18N4OS. The predicted molar refractivity (Wildman–Crippen MR) is 81.5 cm³/mol. The zero-order valence-electron chi connectivity index (χ0n) is 11.5. The molecule has 106 valence electrons. The molecule has 0 amide bonds. The van der Waals surface area contributed by atoms with Crippen LogP contribution >= 0.6 is 11.3 Å². The quantitative estimate of drug-likeness (QED) is 0.879. The average Bonchev–Trinajstić information content (AvgIpc) is 2.83. The Labute approximate surface area is 121 Å². The Bertz CT molecular complexity index is 688. The number of aryl methyl sites for hydroxylation is 1. The van der Waals surface area contributed by atoms with Gasteiger partial charge in [-0.3, -0.25) is 4.79 Å². The number of hydrogen-bond donors (Lipinski definition) is 1. The normalized spacial score (nSPS) is 18.6. The van der Waals surface area contributed by atoms with E-state index in [0.717, 1.165) is 42.9 Å². The molecule has 0 aliphatic heterocycles. The topological polar surface area (TPSA) is 59.3 Å². The van der Waals surface area contributed by atoms with E-state index < -0.39 is 0 Å². The van der Waals surface area contributed by atoms with Crippen LogP contribution in [0, 0.1) is 0 Å². The molecule has 2 aromatic heterocycles. The molecule has 20 heavy (non-hydrogen) atoms. The van der Waals surface area contributed by atoms with E-state index in [4.69, 9.17) is 0 Å². The van der Waals surface area contributed by atoms with E-state index in [1.165, 1.54) is 15.9 Å². The van der Waals surface area contributed by atoms with Crippen molar-refractivity contribution >= 4 is 21.4 Å². The molecule has 5 nitrogen and oxygen atoms in total. The van der Waals surface area contributed by atoms with Gasteiger partial charge in [0.25, 0.3) is 5.56 Å². The van der Waals surface area contributed by atoms with Crippen LogP contribution in [0.5, 0.6) is 0 Å². The lowest BCUT2D eigenvalue weighted by atomic mass is 10.0. The Morgan fingerprint density at radius 1 is 1.50 bits per heavy atom. The van der Waals surface area contributed by atoms with Crippen LogP contribution in [0.15, 0.2) is 23.0 Å². The third-order valence-corrected chi connectivity index (χ3v) is 4.24. The molecule has 0 saturated carbocycles. The first-order valence-electron chi connectivity index (χ1n) is 7.07. The summed E-state index contributed by atoms with van der Waals surface area (Å²) in [6, 6.07) is 2.00. The molecule has 2 heterocycles. The molecule has 1 aliphatic carbocycles. The molecule has 1 unspecified atom stereocenters. The summed E-state index contributed by atoms with van der Waals surface area (Å²) in [6.07, 6.45) is 9.44. The maximum atomic E-state index is 12.0. The standard InChI is InChI=1S/C14H18N4OS/c1-2-6-11-9-12(19)18-14(16-11)20-13(17-18)15-10-7-4-3-5-8-10/h3-4,9-10H,2,5-8H2,1H3,(H,15,17). The summed E-state index contributed by atoms with van der Waals surface area (Å²) >= 11 is 1.45. The lowest BCUT2D eigenvalue weighted by Gasteiger charge is -2.17. The summed E-state index contributed by atoms with van der Waals surface area (Å²) in [6.45, 7) is 2.08. The summed E-state index contributed by atoms with van der Waals surface area (Å²) < 4.78 is 1.39. The van der Waals surface area contributed by atoms with Gasteiger partial charge in [-0.1, -0.05) is 36.8 Å². The number of aromatic nitrogens is 3. The Balaban J connectivity index is 1.87. The van der Waals surface area contributed by atoms with Gasteiger partial charge in [0.05, 0.1) is 0 Å². The lowest BCUT2D eigenvalue weighted by Crippen LogP contribution is -2.21. The first-order chi connectivity index (χ1) is 9.76. The summed E-state index contributed by atoms with van der Waals surface area (Å²) in [5.41, 5.74) is 0.764. The Kier molecular flexibility index (Phi) is 3.82. The predicted octanol–water partition coefficient (Wildman–Crippen LogP) is 2.62. The molecule has 0 fully saturated rings. The number of hydrogen-bond acceptors (Lipinski definition) is 5. The van der Waals surface area contributed by atoms with E-state index in [2.05, 4.69) is 34.5 Å². The molecule has 0 spiro atoms. The van der Waals surface area contributed by atoms with Crippen LogP contribution in [0.2, 0.25) is 0 Å². The third-order valence-electron chi connectivity index (χ3n) is 3.40. The van der Waals surface area contributed by atoms with E-state index >= 15 is 0 Å². The number of rotatable bonds is 4. The highest BCUT2D eigenvalue weighted by atomic mass is 32.1. The van der Waals surface area contributed by atoms with Crippen molar-refractivity contribution < 1.29 is 0 Å². The summed E-state index contributed by atoms with van der Waals surface area (Å²) in [4.78, 5) is 17.2. The van der Waals surface area contributed by atoms with Crippen LogP contribution in [-0.2, 0) is 6.42 Å². The van der Waals surface area contributed by atoms with Gasteiger partial charge in [-0.2, -0.15) is 4.52 Å². The van der Waals surface area contributed by atoms with Gasteiger partial charge in [-0.15, -0.1) is 5.10 Å². The van der Waals surface area contributed by atoms with E-state index in [-0.39, 0.29) is 5.56 Å². The maximum Gasteiger partial charge on any atom is 0.275 e. The number of fused-ring (bicyclic) bond motifs is 1. The van der Waals surface area contributed by atoms with Gasteiger partial charge in [0.15, 0.2) is 0 Å². The van der Waals surface area contributed by atoms with Crippen molar-refractivity contribution in [2.75, 3.05) is 5.32 Å². The Hall–Kier alpha value is -1.69. The Morgan fingerprint density at radius 2 is 2.40 bits per heavy atom. The fourth-order valence-corrected chi connectivity index (χ4v) is 3.30. The minimum Gasteiger partial charge on any atom is -0.357 e. The number of allylic oxidation sites excluding steroid dienone is 1. The van der Waals surface area contributed by atoms with E-state index in [1.807, 2.05) is 0 Å². The van der Waals surface area contributed by atoms with Crippen LogP contribution < -0.4 is 10.9 Å². The number of anilines is 1. The van der Waals surface area contributed by atoms with Crippen LogP contribution in [0.1, 0.15) is 38.3 Å². The van der Waals surface area contributed by atoms with Crippen LogP contribution in [0.4, 0.5) is 5.13 Å². The first kappa shape index (κ1) is 13.3. The van der Waals surface area contributed by atoms with Gasteiger partial charge >= 0.3 is 0 Å². The molecule has 3 rings (SSSR count).